The molecule has 0 radical (unpaired) electrons. The van der Waals surface area contributed by atoms with E-state index in [1.807, 2.05) is 6.92 Å². The van der Waals surface area contributed by atoms with Crippen molar-refractivity contribution in [2.24, 2.45) is 16.7 Å². The number of carbonyl (C=O) groups is 6. The van der Waals surface area contributed by atoms with E-state index in [2.05, 4.69) is 0 Å². The van der Waals surface area contributed by atoms with Crippen LogP contribution >= 0.6 is 0 Å². The Kier molecular flexibility index (Phi) is 9.40. The van der Waals surface area contributed by atoms with Crippen LogP contribution in [0.2, 0.25) is 0 Å². The molecule has 11 heteroatoms. The van der Waals surface area contributed by atoms with Crippen LogP contribution in [0, 0.1) is 16.7 Å². The fourth-order valence-electron chi connectivity index (χ4n) is 8.08. The number of benzene rings is 1. The van der Waals surface area contributed by atoms with Crippen molar-refractivity contribution in [1.29, 1.82) is 0 Å². The second kappa shape index (κ2) is 12.9. The average Bonchev–Trinajstić information content (AvgIpc) is 3.35. The molecule has 5 atom stereocenters. The molecule has 1 N–H and O–H groups in total. The Bertz CT molecular complexity index is 1590. The number of fused-ring (bicyclic) bond motifs is 4. The second-order valence-corrected chi connectivity index (χ2v) is 13.2. The van der Waals surface area contributed by atoms with E-state index in [9.17, 15) is 29.1 Å². The monoisotopic (exact) mass is 662 g/mol. The Balaban J connectivity index is 1.72. The molecule has 11 nitrogen and oxygen atoms in total. The Morgan fingerprint density at radius 3 is 2.04 bits per heavy atom. The lowest BCUT2D eigenvalue weighted by Gasteiger charge is -2.54. The van der Waals surface area contributed by atoms with Crippen LogP contribution in [0.1, 0.15) is 96.3 Å². The highest BCUT2D eigenvalue weighted by molar-refractivity contribution is 6.02. The zero-order valence-electron chi connectivity index (χ0n) is 28.0. The lowest BCUT2D eigenvalue weighted by Crippen LogP contribution is -2.66. The van der Waals surface area contributed by atoms with Crippen LogP contribution in [-0.4, -0.2) is 58.2 Å². The molecule has 0 bridgehead atoms. The SMILES string of the molecule is CCC(=O)OC(OC(=O)CC)(OC(=O)CC)C(=O)[C@@]1(OC(=O)c2ccccc2)CC[C@H]2C3=C(C(O)C[C@@]21C)[C@@]1(C)C=CC(=O)C=C1CC3. The summed E-state index contributed by atoms with van der Waals surface area (Å²) < 4.78 is 22.7. The van der Waals surface area contributed by atoms with Gasteiger partial charge >= 0.3 is 35.6 Å². The van der Waals surface area contributed by atoms with Crippen molar-refractivity contribution < 1.29 is 52.8 Å². The highest BCUT2D eigenvalue weighted by atomic mass is 16.9. The van der Waals surface area contributed by atoms with Gasteiger partial charge in [0.2, 0.25) is 0 Å². The molecule has 1 saturated carbocycles. The average molecular weight is 663 g/mol. The summed E-state index contributed by atoms with van der Waals surface area (Å²) in [4.78, 5) is 80.1. The van der Waals surface area contributed by atoms with E-state index in [0.29, 0.717) is 19.3 Å². The molecule has 0 aliphatic heterocycles. The molecule has 0 saturated heterocycles. The van der Waals surface area contributed by atoms with Crippen molar-refractivity contribution in [3.05, 3.63) is 70.8 Å². The predicted octanol–water partition coefficient (Wildman–Crippen LogP) is 5.01. The van der Waals surface area contributed by atoms with Gasteiger partial charge in [-0.25, -0.2) is 4.79 Å². The minimum atomic E-state index is -3.21. The van der Waals surface area contributed by atoms with Crippen LogP contribution < -0.4 is 0 Å². The maximum Gasteiger partial charge on any atom is 0.493 e. The number of allylic oxidation sites excluding steroid dienone is 5. The van der Waals surface area contributed by atoms with Gasteiger partial charge in [0, 0.05) is 30.1 Å². The molecule has 0 heterocycles. The first-order chi connectivity index (χ1) is 22.7. The molecule has 4 aliphatic rings. The summed E-state index contributed by atoms with van der Waals surface area (Å²) in [6.07, 6.45) is 4.07. The maximum absolute atomic E-state index is 15.3. The van der Waals surface area contributed by atoms with Gasteiger partial charge in [0.05, 0.1) is 11.7 Å². The van der Waals surface area contributed by atoms with Gasteiger partial charge in [0.25, 0.3) is 0 Å². The zero-order chi connectivity index (χ0) is 35.1. The number of aliphatic hydroxyl groups excluding tert-OH is 1. The van der Waals surface area contributed by atoms with Crippen LogP contribution in [-0.2, 0) is 42.9 Å². The lowest BCUT2D eigenvalue weighted by atomic mass is 9.52. The number of aliphatic hydroxyl groups is 1. The number of ketones is 2. The minimum absolute atomic E-state index is 0.0871. The third-order valence-corrected chi connectivity index (χ3v) is 10.5. The summed E-state index contributed by atoms with van der Waals surface area (Å²) in [5.74, 6) is -8.91. The van der Waals surface area contributed by atoms with Crippen LogP contribution in [0.15, 0.2) is 65.3 Å². The molecule has 0 spiro atoms. The first kappa shape index (κ1) is 34.9. The molecule has 1 aromatic carbocycles. The Hall–Kier alpha value is -4.38. The fraction of sp³-hybridized carbons (Fsp3) is 0.514. The van der Waals surface area contributed by atoms with Crippen LogP contribution in [0.3, 0.4) is 0 Å². The largest absolute Gasteiger partial charge is 0.493 e. The number of hydrogen-bond donors (Lipinski definition) is 1. The molecule has 1 aromatic rings. The Labute approximate surface area is 279 Å². The number of Topliss-reactive ketones (excluding diaryl/α,β-unsaturated/α-hetero) is 1. The molecular formula is C37H42O11. The summed E-state index contributed by atoms with van der Waals surface area (Å²) in [7, 11) is 0. The molecule has 0 amide bonds. The lowest BCUT2D eigenvalue weighted by molar-refractivity contribution is -0.318. The van der Waals surface area contributed by atoms with Gasteiger partial charge in [-0.05, 0) is 74.8 Å². The van der Waals surface area contributed by atoms with Gasteiger partial charge in [0.1, 0.15) is 0 Å². The second-order valence-electron chi connectivity index (χ2n) is 13.2. The molecular weight excluding hydrogens is 620 g/mol. The van der Waals surface area contributed by atoms with Crippen molar-refractivity contribution >= 4 is 35.4 Å². The highest BCUT2D eigenvalue weighted by Gasteiger charge is 2.74. The number of esters is 4. The van der Waals surface area contributed by atoms with E-state index in [-0.39, 0.29) is 43.5 Å². The minimum Gasteiger partial charge on any atom is -0.446 e. The molecule has 4 aliphatic carbocycles. The molecule has 256 valence electrons. The smallest absolute Gasteiger partial charge is 0.446 e. The van der Waals surface area contributed by atoms with Gasteiger partial charge in [-0.3, -0.25) is 24.0 Å². The summed E-state index contributed by atoms with van der Waals surface area (Å²) in [6.45, 7) is 8.02. The van der Waals surface area contributed by atoms with Gasteiger partial charge in [-0.1, -0.05) is 63.1 Å². The van der Waals surface area contributed by atoms with E-state index in [4.69, 9.17) is 18.9 Å². The number of ether oxygens (including phenoxy) is 4. The standard InChI is InChI=1S/C37H42O11/c1-6-28(40)45-37(46-29(41)7-2,47-30(42)8-3)33(44)36(48-32(43)22-12-10-9-11-13-22)19-17-26-25-15-14-23-20-24(38)16-18-34(23,4)31(25)27(39)21-35(26,36)5/h9-13,16,18,20,26-27,39H,6-8,14-15,17,19,21H2,1-5H3/t26-,27?,34-,35-,36-/m0/s1. The van der Waals surface area contributed by atoms with Crippen molar-refractivity contribution in [2.75, 3.05) is 0 Å². The summed E-state index contributed by atoms with van der Waals surface area (Å²) in [5, 5.41) is 12.0. The van der Waals surface area contributed by atoms with Crippen molar-refractivity contribution in [1.82, 2.24) is 0 Å². The highest BCUT2D eigenvalue weighted by Crippen LogP contribution is 2.66. The number of carbonyl (C=O) groups excluding carboxylic acids is 6. The quantitative estimate of drug-likeness (QED) is 0.204. The fourth-order valence-corrected chi connectivity index (χ4v) is 8.08. The van der Waals surface area contributed by atoms with E-state index in [1.165, 1.54) is 39.0 Å². The van der Waals surface area contributed by atoms with Gasteiger partial charge in [-0.15, -0.1) is 0 Å². The van der Waals surface area contributed by atoms with Gasteiger partial charge in [0.15, 0.2) is 11.4 Å². The van der Waals surface area contributed by atoms with Crippen LogP contribution in [0.5, 0.6) is 0 Å². The summed E-state index contributed by atoms with van der Waals surface area (Å²) in [5.41, 5.74) is -1.68. The number of hydrogen-bond acceptors (Lipinski definition) is 11. The van der Waals surface area contributed by atoms with Crippen LogP contribution in [0.25, 0.3) is 0 Å². The van der Waals surface area contributed by atoms with E-state index in [1.54, 1.807) is 37.3 Å². The summed E-state index contributed by atoms with van der Waals surface area (Å²) in [6, 6.07) is 7.98. The van der Waals surface area contributed by atoms with Crippen LogP contribution in [0.4, 0.5) is 0 Å². The van der Waals surface area contributed by atoms with Crippen molar-refractivity contribution in [3.8, 4) is 0 Å². The van der Waals surface area contributed by atoms with E-state index >= 15 is 4.79 Å². The molecule has 1 fully saturated rings. The third kappa shape index (κ3) is 5.61. The van der Waals surface area contributed by atoms with Gasteiger partial charge in [-0.2, -0.15) is 0 Å². The Morgan fingerprint density at radius 1 is 0.896 bits per heavy atom. The molecule has 48 heavy (non-hydrogen) atoms. The van der Waals surface area contributed by atoms with Gasteiger partial charge < -0.3 is 24.1 Å². The van der Waals surface area contributed by atoms with E-state index in [0.717, 1.165) is 16.7 Å². The normalized spacial score (nSPS) is 29.1. The molecule has 5 rings (SSSR count). The van der Waals surface area contributed by atoms with Crippen molar-refractivity contribution in [3.63, 3.8) is 0 Å². The molecule has 0 aromatic heterocycles. The first-order valence-corrected chi connectivity index (χ1v) is 16.5. The third-order valence-electron chi connectivity index (χ3n) is 10.5. The first-order valence-electron chi connectivity index (χ1n) is 16.5. The predicted molar refractivity (Wildman–Crippen MR) is 170 cm³/mol. The zero-order valence-corrected chi connectivity index (χ0v) is 28.0. The number of rotatable bonds is 10. The van der Waals surface area contributed by atoms with E-state index < -0.39 is 64.1 Å². The maximum atomic E-state index is 15.3. The van der Waals surface area contributed by atoms with Crippen molar-refractivity contribution in [2.45, 2.75) is 104 Å². The topological polar surface area (TPSA) is 160 Å². The Morgan fingerprint density at radius 2 is 1.48 bits per heavy atom. The molecule has 1 unspecified atom stereocenters. The summed E-state index contributed by atoms with van der Waals surface area (Å²) >= 11 is 0.